The lowest BCUT2D eigenvalue weighted by Crippen LogP contribution is -2.25. The van der Waals surface area contributed by atoms with Gasteiger partial charge in [-0.3, -0.25) is 0 Å². The standard InChI is InChI=1S/C11H20N2S/c1-9(2)12-5-4-10(3)8-11-13-6-7-14-11/h6-7,9-10,12H,4-5,8H2,1-3H3. The van der Waals surface area contributed by atoms with E-state index >= 15 is 0 Å². The van der Waals surface area contributed by atoms with Crippen LogP contribution in [0.5, 0.6) is 0 Å². The van der Waals surface area contributed by atoms with Crippen LogP contribution in [-0.4, -0.2) is 17.6 Å². The van der Waals surface area contributed by atoms with Gasteiger partial charge in [0, 0.05) is 24.0 Å². The Hall–Kier alpha value is -0.410. The second-order valence-corrected chi connectivity index (χ2v) is 5.11. The number of nitrogens with one attached hydrogen (secondary N) is 1. The molecule has 2 nitrogen and oxygen atoms in total. The predicted octanol–water partition coefficient (Wildman–Crippen LogP) is 2.71. The Morgan fingerprint density at radius 3 is 2.79 bits per heavy atom. The lowest BCUT2D eigenvalue weighted by Gasteiger charge is -2.12. The molecule has 0 fully saturated rings. The fraction of sp³-hybridized carbons (Fsp3) is 0.727. The summed E-state index contributed by atoms with van der Waals surface area (Å²) in [5, 5.41) is 6.75. The highest BCUT2D eigenvalue weighted by Crippen LogP contribution is 2.13. The summed E-state index contributed by atoms with van der Waals surface area (Å²) >= 11 is 1.76. The summed E-state index contributed by atoms with van der Waals surface area (Å²) in [6.07, 6.45) is 4.24. The van der Waals surface area contributed by atoms with Crippen LogP contribution >= 0.6 is 11.3 Å². The van der Waals surface area contributed by atoms with Gasteiger partial charge in [0.2, 0.25) is 0 Å². The van der Waals surface area contributed by atoms with Gasteiger partial charge in [-0.2, -0.15) is 0 Å². The molecular weight excluding hydrogens is 192 g/mol. The van der Waals surface area contributed by atoms with Crippen LogP contribution in [0.25, 0.3) is 0 Å². The van der Waals surface area contributed by atoms with Gasteiger partial charge in [0.15, 0.2) is 0 Å². The summed E-state index contributed by atoms with van der Waals surface area (Å²) < 4.78 is 0. The largest absolute Gasteiger partial charge is 0.315 e. The Kier molecular flexibility index (Phi) is 5.12. The Labute approximate surface area is 90.8 Å². The zero-order chi connectivity index (χ0) is 10.4. The van der Waals surface area contributed by atoms with Gasteiger partial charge in [0.1, 0.15) is 0 Å². The van der Waals surface area contributed by atoms with Gasteiger partial charge < -0.3 is 5.32 Å². The molecule has 0 radical (unpaired) electrons. The monoisotopic (exact) mass is 212 g/mol. The summed E-state index contributed by atoms with van der Waals surface area (Å²) in [4.78, 5) is 4.30. The topological polar surface area (TPSA) is 24.9 Å². The first-order valence-electron chi connectivity index (χ1n) is 5.30. The minimum atomic E-state index is 0.599. The quantitative estimate of drug-likeness (QED) is 0.784. The van der Waals surface area contributed by atoms with Crippen molar-refractivity contribution < 1.29 is 0 Å². The van der Waals surface area contributed by atoms with E-state index in [0.29, 0.717) is 6.04 Å². The van der Waals surface area contributed by atoms with Gasteiger partial charge in [-0.25, -0.2) is 4.98 Å². The Morgan fingerprint density at radius 2 is 2.21 bits per heavy atom. The molecule has 80 valence electrons. The smallest absolute Gasteiger partial charge is 0.0927 e. The number of rotatable bonds is 6. The van der Waals surface area contributed by atoms with Crippen molar-refractivity contribution in [2.75, 3.05) is 6.54 Å². The number of nitrogens with zero attached hydrogens (tertiary/aromatic N) is 1. The molecule has 0 bridgehead atoms. The van der Waals surface area contributed by atoms with Crippen molar-refractivity contribution in [2.45, 2.75) is 39.7 Å². The SMILES string of the molecule is CC(CCNC(C)C)Cc1nccs1. The summed E-state index contributed by atoms with van der Waals surface area (Å²) in [5.74, 6) is 0.729. The normalized spacial score (nSPS) is 13.4. The average Bonchev–Trinajstić information content (AvgIpc) is 2.56. The Morgan fingerprint density at radius 1 is 1.43 bits per heavy atom. The van der Waals surface area contributed by atoms with Crippen LogP contribution in [0.2, 0.25) is 0 Å². The predicted molar refractivity (Wildman–Crippen MR) is 62.7 cm³/mol. The van der Waals surface area contributed by atoms with Crippen molar-refractivity contribution in [3.63, 3.8) is 0 Å². The molecular formula is C11H20N2S. The van der Waals surface area contributed by atoms with E-state index in [4.69, 9.17) is 0 Å². The molecule has 1 unspecified atom stereocenters. The van der Waals surface area contributed by atoms with E-state index in [0.717, 1.165) is 18.9 Å². The van der Waals surface area contributed by atoms with Crippen molar-refractivity contribution in [3.8, 4) is 0 Å². The van der Waals surface area contributed by atoms with Crippen LogP contribution in [0.1, 0.15) is 32.2 Å². The number of thiazole rings is 1. The number of hydrogen-bond donors (Lipinski definition) is 1. The van der Waals surface area contributed by atoms with Gasteiger partial charge in [-0.15, -0.1) is 11.3 Å². The van der Waals surface area contributed by atoms with Crippen molar-refractivity contribution in [1.82, 2.24) is 10.3 Å². The van der Waals surface area contributed by atoms with E-state index < -0.39 is 0 Å². The van der Waals surface area contributed by atoms with Crippen LogP contribution in [0.15, 0.2) is 11.6 Å². The molecule has 0 aliphatic rings. The van der Waals surface area contributed by atoms with Crippen LogP contribution in [0, 0.1) is 5.92 Å². The highest BCUT2D eigenvalue weighted by Gasteiger charge is 2.05. The molecule has 1 aromatic heterocycles. The van der Waals surface area contributed by atoms with Crippen molar-refractivity contribution in [1.29, 1.82) is 0 Å². The Balaban J connectivity index is 2.13. The molecule has 1 aromatic rings. The highest BCUT2D eigenvalue weighted by atomic mass is 32.1. The van der Waals surface area contributed by atoms with Crippen LogP contribution in [0.4, 0.5) is 0 Å². The van der Waals surface area contributed by atoms with Gasteiger partial charge in [0.25, 0.3) is 0 Å². The summed E-state index contributed by atoms with van der Waals surface area (Å²) in [5.41, 5.74) is 0. The molecule has 0 aliphatic heterocycles. The molecule has 0 saturated heterocycles. The minimum absolute atomic E-state index is 0.599. The first-order valence-corrected chi connectivity index (χ1v) is 6.18. The molecule has 3 heteroatoms. The lowest BCUT2D eigenvalue weighted by atomic mass is 10.0. The van der Waals surface area contributed by atoms with Crippen LogP contribution in [-0.2, 0) is 6.42 Å². The van der Waals surface area contributed by atoms with Crippen molar-refractivity contribution >= 4 is 11.3 Å². The maximum atomic E-state index is 4.30. The number of hydrogen-bond acceptors (Lipinski definition) is 3. The molecule has 1 atom stereocenters. The molecule has 1 N–H and O–H groups in total. The minimum Gasteiger partial charge on any atom is -0.315 e. The number of aromatic nitrogens is 1. The third kappa shape index (κ3) is 4.72. The molecule has 0 aromatic carbocycles. The molecule has 0 spiro atoms. The maximum Gasteiger partial charge on any atom is 0.0927 e. The third-order valence-corrected chi connectivity index (χ3v) is 3.00. The zero-order valence-corrected chi connectivity index (χ0v) is 10.1. The van der Waals surface area contributed by atoms with Crippen molar-refractivity contribution in [3.05, 3.63) is 16.6 Å². The van der Waals surface area contributed by atoms with Crippen LogP contribution in [0.3, 0.4) is 0 Å². The fourth-order valence-electron chi connectivity index (χ4n) is 1.37. The fourth-order valence-corrected chi connectivity index (χ4v) is 2.15. The third-order valence-electron chi connectivity index (χ3n) is 2.20. The van der Waals surface area contributed by atoms with E-state index in [-0.39, 0.29) is 0 Å². The molecule has 1 rings (SSSR count). The second-order valence-electron chi connectivity index (χ2n) is 4.13. The lowest BCUT2D eigenvalue weighted by molar-refractivity contribution is 0.475. The molecule has 0 aliphatic carbocycles. The molecule has 0 saturated carbocycles. The van der Waals surface area contributed by atoms with E-state index in [2.05, 4.69) is 36.5 Å². The molecule has 1 heterocycles. The highest BCUT2D eigenvalue weighted by molar-refractivity contribution is 7.09. The average molecular weight is 212 g/mol. The van der Waals surface area contributed by atoms with E-state index in [1.807, 2.05) is 6.20 Å². The Bertz CT molecular complexity index is 231. The zero-order valence-electron chi connectivity index (χ0n) is 9.29. The molecule has 14 heavy (non-hydrogen) atoms. The van der Waals surface area contributed by atoms with E-state index in [1.54, 1.807) is 11.3 Å². The maximum absolute atomic E-state index is 4.30. The van der Waals surface area contributed by atoms with E-state index in [9.17, 15) is 0 Å². The van der Waals surface area contributed by atoms with Gasteiger partial charge in [-0.05, 0) is 18.9 Å². The molecule has 0 amide bonds. The summed E-state index contributed by atoms with van der Waals surface area (Å²) in [7, 11) is 0. The first kappa shape index (κ1) is 11.7. The van der Waals surface area contributed by atoms with Crippen LogP contribution < -0.4 is 5.32 Å². The summed E-state index contributed by atoms with van der Waals surface area (Å²) in [6, 6.07) is 0.599. The van der Waals surface area contributed by atoms with Gasteiger partial charge in [0.05, 0.1) is 5.01 Å². The van der Waals surface area contributed by atoms with Gasteiger partial charge >= 0.3 is 0 Å². The second kappa shape index (κ2) is 6.14. The summed E-state index contributed by atoms with van der Waals surface area (Å²) in [6.45, 7) is 7.78. The van der Waals surface area contributed by atoms with E-state index in [1.165, 1.54) is 11.4 Å². The first-order chi connectivity index (χ1) is 6.68. The van der Waals surface area contributed by atoms with Gasteiger partial charge in [-0.1, -0.05) is 20.8 Å². The van der Waals surface area contributed by atoms with Crippen molar-refractivity contribution in [2.24, 2.45) is 5.92 Å².